The van der Waals surface area contributed by atoms with Crippen molar-refractivity contribution in [2.24, 2.45) is 0 Å². The maximum absolute atomic E-state index is 11.3. The van der Waals surface area contributed by atoms with Gasteiger partial charge in [0.15, 0.2) is 0 Å². The first-order valence-electron chi connectivity index (χ1n) is 4.77. The molecule has 1 atom stereocenters. The van der Waals surface area contributed by atoms with Gasteiger partial charge in [0.1, 0.15) is 0 Å². The largest absolute Gasteiger partial charge is 0.450 e. The van der Waals surface area contributed by atoms with Crippen molar-refractivity contribution in [3.63, 3.8) is 0 Å². The van der Waals surface area contributed by atoms with Crippen molar-refractivity contribution in [3.8, 4) is 0 Å². The lowest BCUT2D eigenvalue weighted by atomic mass is 10.4. The summed E-state index contributed by atoms with van der Waals surface area (Å²) in [4.78, 5) is 13.1. The Hall–Kier alpha value is -0.770. The first-order chi connectivity index (χ1) is 6.24. The second-order valence-electron chi connectivity index (χ2n) is 3.18. The van der Waals surface area contributed by atoms with Crippen LogP contribution in [-0.2, 0) is 9.47 Å². The standard InChI is InChI=1S/C9H17NO3/c1-3-12-9(11)10-5-4-6-13-8(2)7-10/h8H,3-7H2,1-2H3. The number of rotatable bonds is 1. The maximum Gasteiger partial charge on any atom is 0.409 e. The normalized spacial score (nSPS) is 23.8. The lowest BCUT2D eigenvalue weighted by molar-refractivity contribution is 0.0605. The molecule has 1 saturated heterocycles. The third kappa shape index (κ3) is 3.22. The molecule has 0 bridgehead atoms. The van der Waals surface area contributed by atoms with Crippen molar-refractivity contribution in [3.05, 3.63) is 0 Å². The number of hydrogen-bond acceptors (Lipinski definition) is 3. The molecule has 1 aliphatic rings. The molecule has 1 heterocycles. The van der Waals surface area contributed by atoms with Gasteiger partial charge in [-0.3, -0.25) is 0 Å². The number of carbonyl (C=O) groups excluding carboxylic acids is 1. The molecule has 4 heteroatoms. The minimum atomic E-state index is -0.222. The number of hydrogen-bond donors (Lipinski definition) is 0. The molecule has 1 aliphatic heterocycles. The fourth-order valence-corrected chi connectivity index (χ4v) is 1.37. The summed E-state index contributed by atoms with van der Waals surface area (Å²) in [6, 6.07) is 0. The Morgan fingerprint density at radius 3 is 3.15 bits per heavy atom. The Bertz CT molecular complexity index is 172. The summed E-state index contributed by atoms with van der Waals surface area (Å²) in [7, 11) is 0. The van der Waals surface area contributed by atoms with Crippen LogP contribution in [0.15, 0.2) is 0 Å². The molecule has 1 unspecified atom stereocenters. The molecule has 0 saturated carbocycles. The van der Waals surface area contributed by atoms with Gasteiger partial charge in [-0.15, -0.1) is 0 Å². The van der Waals surface area contributed by atoms with Crippen LogP contribution in [0.3, 0.4) is 0 Å². The van der Waals surface area contributed by atoms with E-state index in [1.807, 2.05) is 13.8 Å². The van der Waals surface area contributed by atoms with E-state index >= 15 is 0 Å². The molecule has 1 amide bonds. The highest BCUT2D eigenvalue weighted by Crippen LogP contribution is 2.06. The molecule has 4 nitrogen and oxygen atoms in total. The van der Waals surface area contributed by atoms with Gasteiger partial charge in [-0.25, -0.2) is 4.79 Å². The Labute approximate surface area is 78.8 Å². The van der Waals surface area contributed by atoms with E-state index in [2.05, 4.69) is 0 Å². The van der Waals surface area contributed by atoms with E-state index < -0.39 is 0 Å². The second-order valence-corrected chi connectivity index (χ2v) is 3.18. The Kier molecular flexibility index (Phi) is 4.02. The zero-order chi connectivity index (χ0) is 9.68. The molecule has 0 N–H and O–H groups in total. The number of ether oxygens (including phenoxy) is 2. The van der Waals surface area contributed by atoms with Crippen molar-refractivity contribution in [2.75, 3.05) is 26.3 Å². The first-order valence-corrected chi connectivity index (χ1v) is 4.77. The van der Waals surface area contributed by atoms with Crippen LogP contribution >= 0.6 is 0 Å². The fourth-order valence-electron chi connectivity index (χ4n) is 1.37. The van der Waals surface area contributed by atoms with Gasteiger partial charge in [0.05, 0.1) is 12.7 Å². The highest BCUT2D eigenvalue weighted by atomic mass is 16.6. The topological polar surface area (TPSA) is 38.8 Å². The number of carbonyl (C=O) groups is 1. The molecular formula is C9H17NO3. The highest BCUT2D eigenvalue weighted by molar-refractivity contribution is 5.67. The lowest BCUT2D eigenvalue weighted by Gasteiger charge is -2.20. The van der Waals surface area contributed by atoms with E-state index in [4.69, 9.17) is 9.47 Å². The van der Waals surface area contributed by atoms with Gasteiger partial charge in [0.2, 0.25) is 0 Å². The highest BCUT2D eigenvalue weighted by Gasteiger charge is 2.20. The number of nitrogens with zero attached hydrogens (tertiary/aromatic N) is 1. The Morgan fingerprint density at radius 1 is 1.69 bits per heavy atom. The van der Waals surface area contributed by atoms with E-state index in [0.29, 0.717) is 13.2 Å². The third-order valence-corrected chi connectivity index (χ3v) is 1.98. The smallest absolute Gasteiger partial charge is 0.409 e. The molecule has 13 heavy (non-hydrogen) atoms. The van der Waals surface area contributed by atoms with E-state index in [9.17, 15) is 4.79 Å². The zero-order valence-electron chi connectivity index (χ0n) is 8.28. The third-order valence-electron chi connectivity index (χ3n) is 1.98. The summed E-state index contributed by atoms with van der Waals surface area (Å²) >= 11 is 0. The summed E-state index contributed by atoms with van der Waals surface area (Å²) in [6.45, 7) is 6.33. The van der Waals surface area contributed by atoms with Crippen LogP contribution < -0.4 is 0 Å². The van der Waals surface area contributed by atoms with Crippen molar-refractivity contribution in [1.82, 2.24) is 4.90 Å². The Morgan fingerprint density at radius 2 is 2.46 bits per heavy atom. The van der Waals surface area contributed by atoms with Gasteiger partial charge in [0.25, 0.3) is 0 Å². The van der Waals surface area contributed by atoms with Gasteiger partial charge in [0, 0.05) is 19.7 Å². The molecule has 0 radical (unpaired) electrons. The summed E-state index contributed by atoms with van der Waals surface area (Å²) in [5, 5.41) is 0. The summed E-state index contributed by atoms with van der Waals surface area (Å²) in [6.07, 6.45) is 0.787. The van der Waals surface area contributed by atoms with Gasteiger partial charge in [-0.2, -0.15) is 0 Å². The van der Waals surface area contributed by atoms with Gasteiger partial charge in [-0.1, -0.05) is 0 Å². The SMILES string of the molecule is CCOC(=O)N1CCCOC(C)C1. The molecule has 0 spiro atoms. The average molecular weight is 187 g/mol. The van der Waals surface area contributed by atoms with Crippen molar-refractivity contribution >= 4 is 6.09 Å². The van der Waals surface area contributed by atoms with Crippen LogP contribution in [0.1, 0.15) is 20.3 Å². The molecule has 0 aliphatic carbocycles. The van der Waals surface area contributed by atoms with E-state index in [1.165, 1.54) is 0 Å². The maximum atomic E-state index is 11.3. The van der Waals surface area contributed by atoms with Crippen LogP contribution in [-0.4, -0.2) is 43.4 Å². The summed E-state index contributed by atoms with van der Waals surface area (Å²) in [5.74, 6) is 0. The minimum Gasteiger partial charge on any atom is -0.450 e. The molecule has 0 aromatic rings. The predicted molar refractivity (Wildman–Crippen MR) is 48.6 cm³/mol. The molecular weight excluding hydrogens is 170 g/mol. The van der Waals surface area contributed by atoms with Gasteiger partial charge in [-0.05, 0) is 20.3 Å². The first kappa shape index (κ1) is 10.3. The van der Waals surface area contributed by atoms with Crippen LogP contribution in [0.4, 0.5) is 4.79 Å². The fraction of sp³-hybridized carbons (Fsp3) is 0.889. The zero-order valence-corrected chi connectivity index (χ0v) is 8.28. The quantitative estimate of drug-likeness (QED) is 0.620. The van der Waals surface area contributed by atoms with Crippen LogP contribution in [0.5, 0.6) is 0 Å². The van der Waals surface area contributed by atoms with Crippen LogP contribution in [0.25, 0.3) is 0 Å². The summed E-state index contributed by atoms with van der Waals surface area (Å²) < 4.78 is 10.3. The van der Waals surface area contributed by atoms with Crippen molar-refractivity contribution in [1.29, 1.82) is 0 Å². The van der Waals surface area contributed by atoms with E-state index in [1.54, 1.807) is 4.90 Å². The molecule has 0 aromatic carbocycles. The predicted octanol–water partition coefficient (Wildman–Crippen LogP) is 1.25. The van der Waals surface area contributed by atoms with Crippen molar-refractivity contribution < 1.29 is 14.3 Å². The van der Waals surface area contributed by atoms with Gasteiger partial charge < -0.3 is 14.4 Å². The van der Waals surface area contributed by atoms with Gasteiger partial charge >= 0.3 is 6.09 Å². The average Bonchev–Trinajstić information content (AvgIpc) is 2.30. The van der Waals surface area contributed by atoms with E-state index in [-0.39, 0.29) is 12.2 Å². The lowest BCUT2D eigenvalue weighted by Crippen LogP contribution is -2.36. The molecule has 1 rings (SSSR count). The van der Waals surface area contributed by atoms with Crippen molar-refractivity contribution in [2.45, 2.75) is 26.4 Å². The van der Waals surface area contributed by atoms with E-state index in [0.717, 1.165) is 19.6 Å². The second kappa shape index (κ2) is 5.07. The summed E-state index contributed by atoms with van der Waals surface area (Å²) in [5.41, 5.74) is 0. The van der Waals surface area contributed by atoms with Crippen LogP contribution in [0.2, 0.25) is 0 Å². The minimum absolute atomic E-state index is 0.118. The number of amides is 1. The monoisotopic (exact) mass is 187 g/mol. The Balaban J connectivity index is 2.42. The molecule has 0 aromatic heterocycles. The van der Waals surface area contributed by atoms with Crippen LogP contribution in [0, 0.1) is 0 Å². The molecule has 76 valence electrons. The molecule has 1 fully saturated rings.